The number of anilines is 1. The van der Waals surface area contributed by atoms with Crippen molar-refractivity contribution in [1.82, 2.24) is 0 Å². The van der Waals surface area contributed by atoms with Gasteiger partial charge in [0.05, 0.1) is 6.04 Å². The van der Waals surface area contributed by atoms with E-state index in [0.717, 1.165) is 4.47 Å². The molecule has 0 amide bonds. The van der Waals surface area contributed by atoms with Gasteiger partial charge in [0.1, 0.15) is 0 Å². The highest BCUT2D eigenvalue weighted by atomic mass is 79.9. The molecule has 0 spiro atoms. The molecule has 2 rings (SSSR count). The Morgan fingerprint density at radius 1 is 1.26 bits per heavy atom. The van der Waals surface area contributed by atoms with Gasteiger partial charge in [-0.1, -0.05) is 6.07 Å². The third-order valence-electron chi connectivity index (χ3n) is 3.25. The largest absolute Gasteiger partial charge is 0.365 e. The number of halogens is 1. The first kappa shape index (κ1) is 14.6. The van der Waals surface area contributed by atoms with E-state index in [1.807, 2.05) is 0 Å². The fraction of sp³-hybridized carbons (Fsp3) is 0.333. The van der Waals surface area contributed by atoms with Crippen molar-refractivity contribution in [2.75, 3.05) is 18.5 Å². The van der Waals surface area contributed by atoms with Gasteiger partial charge in [0.2, 0.25) is 0 Å². The number of aryl methyl sites for hydroxylation is 2. The van der Waals surface area contributed by atoms with Crippen LogP contribution in [0.2, 0.25) is 0 Å². The number of rotatable bonds is 4. The molecular formula is C15H19BrN2S. The Bertz CT molecular complexity index is 545. The third-order valence-corrected chi connectivity index (χ3v) is 5.22. The fourth-order valence-electron chi connectivity index (χ4n) is 2.32. The summed E-state index contributed by atoms with van der Waals surface area (Å²) in [6.07, 6.45) is 0. The first-order valence-corrected chi connectivity index (χ1v) is 7.94. The lowest BCUT2D eigenvalue weighted by Crippen LogP contribution is -2.30. The predicted molar refractivity (Wildman–Crippen MR) is 88.1 cm³/mol. The molecule has 1 heterocycles. The first-order chi connectivity index (χ1) is 9.02. The van der Waals surface area contributed by atoms with Crippen LogP contribution in [0.25, 0.3) is 0 Å². The van der Waals surface area contributed by atoms with Gasteiger partial charge < -0.3 is 10.6 Å². The number of thiophene rings is 1. The average molecular weight is 339 g/mol. The highest BCUT2D eigenvalue weighted by Gasteiger charge is 2.20. The van der Waals surface area contributed by atoms with Gasteiger partial charge in [0.15, 0.2) is 0 Å². The maximum Gasteiger partial charge on any atom is 0.0765 e. The molecule has 0 saturated heterocycles. The van der Waals surface area contributed by atoms with Crippen molar-refractivity contribution < 1.29 is 0 Å². The number of likely N-dealkylation sites (N-methyl/N-ethyl adjacent to an activating group) is 1. The summed E-state index contributed by atoms with van der Waals surface area (Å²) in [5, 5.41) is 2.09. The molecule has 2 nitrogen and oxygen atoms in total. The van der Waals surface area contributed by atoms with Gasteiger partial charge in [0, 0.05) is 28.6 Å². The van der Waals surface area contributed by atoms with Gasteiger partial charge in [0.25, 0.3) is 0 Å². The van der Waals surface area contributed by atoms with Crippen LogP contribution in [0.15, 0.2) is 34.1 Å². The molecule has 0 radical (unpaired) electrons. The molecule has 2 N–H and O–H groups in total. The smallest absolute Gasteiger partial charge is 0.0765 e. The molecule has 0 fully saturated rings. The minimum absolute atomic E-state index is 0.204. The molecule has 0 aliphatic rings. The van der Waals surface area contributed by atoms with Crippen LogP contribution < -0.4 is 10.6 Å². The Kier molecular flexibility index (Phi) is 4.66. The SMILES string of the molecule is Cc1cc(C)cc(N(C)C(CN)c2sccc2Br)c1. The summed E-state index contributed by atoms with van der Waals surface area (Å²) in [5.41, 5.74) is 9.77. The van der Waals surface area contributed by atoms with E-state index in [9.17, 15) is 0 Å². The molecule has 2 aromatic rings. The van der Waals surface area contributed by atoms with Crippen LogP contribution >= 0.6 is 27.3 Å². The van der Waals surface area contributed by atoms with Crippen LogP contribution in [0, 0.1) is 13.8 Å². The zero-order chi connectivity index (χ0) is 14.0. The molecule has 1 aromatic carbocycles. The predicted octanol–water partition coefficient (Wildman–Crippen LogP) is 4.26. The number of nitrogens with two attached hydrogens (primary N) is 1. The Morgan fingerprint density at radius 2 is 1.89 bits per heavy atom. The Hall–Kier alpha value is -0.840. The van der Waals surface area contributed by atoms with Crippen molar-refractivity contribution in [2.45, 2.75) is 19.9 Å². The summed E-state index contributed by atoms with van der Waals surface area (Å²) < 4.78 is 1.14. The Balaban J connectivity index is 2.35. The molecule has 0 saturated carbocycles. The molecule has 102 valence electrons. The van der Waals surface area contributed by atoms with E-state index in [0.29, 0.717) is 6.54 Å². The van der Waals surface area contributed by atoms with Crippen molar-refractivity contribution in [3.63, 3.8) is 0 Å². The maximum absolute atomic E-state index is 5.99. The van der Waals surface area contributed by atoms with E-state index in [1.54, 1.807) is 11.3 Å². The summed E-state index contributed by atoms with van der Waals surface area (Å²) in [6, 6.07) is 8.89. The van der Waals surface area contributed by atoms with Gasteiger partial charge in [-0.15, -0.1) is 11.3 Å². The summed E-state index contributed by atoms with van der Waals surface area (Å²) in [7, 11) is 2.11. The highest BCUT2D eigenvalue weighted by molar-refractivity contribution is 9.10. The number of hydrogen-bond donors (Lipinski definition) is 1. The highest BCUT2D eigenvalue weighted by Crippen LogP contribution is 2.34. The van der Waals surface area contributed by atoms with Crippen molar-refractivity contribution >= 4 is 33.0 Å². The summed E-state index contributed by atoms with van der Waals surface area (Å²) >= 11 is 5.35. The summed E-state index contributed by atoms with van der Waals surface area (Å²) in [5.74, 6) is 0. The van der Waals surface area contributed by atoms with Crippen LogP contribution in [0.5, 0.6) is 0 Å². The van der Waals surface area contributed by atoms with Gasteiger partial charge >= 0.3 is 0 Å². The summed E-state index contributed by atoms with van der Waals surface area (Å²) in [6.45, 7) is 4.86. The number of benzene rings is 1. The second-order valence-corrected chi connectivity index (χ2v) is 6.64. The molecule has 4 heteroatoms. The lowest BCUT2D eigenvalue weighted by molar-refractivity contribution is 0.690. The molecule has 1 unspecified atom stereocenters. The van der Waals surface area contributed by atoms with E-state index in [-0.39, 0.29) is 6.04 Å². The van der Waals surface area contributed by atoms with Gasteiger partial charge in [-0.3, -0.25) is 0 Å². The van der Waals surface area contributed by atoms with Crippen LogP contribution in [-0.2, 0) is 0 Å². The van der Waals surface area contributed by atoms with Crippen LogP contribution in [0.4, 0.5) is 5.69 Å². The quantitative estimate of drug-likeness (QED) is 0.902. The Morgan fingerprint density at radius 3 is 2.37 bits per heavy atom. The van der Waals surface area contributed by atoms with E-state index in [4.69, 9.17) is 5.73 Å². The van der Waals surface area contributed by atoms with E-state index >= 15 is 0 Å². The standard InChI is InChI=1S/C15H19BrN2S/c1-10-6-11(2)8-12(7-10)18(3)14(9-17)15-13(16)4-5-19-15/h4-8,14H,9,17H2,1-3H3. The number of nitrogens with zero attached hydrogens (tertiary/aromatic N) is 1. The van der Waals surface area contributed by atoms with Gasteiger partial charge in [-0.25, -0.2) is 0 Å². The summed E-state index contributed by atoms with van der Waals surface area (Å²) in [4.78, 5) is 3.54. The molecular weight excluding hydrogens is 320 g/mol. The van der Waals surface area contributed by atoms with Gasteiger partial charge in [-0.2, -0.15) is 0 Å². The van der Waals surface area contributed by atoms with Crippen LogP contribution in [0.1, 0.15) is 22.0 Å². The zero-order valence-corrected chi connectivity index (χ0v) is 13.9. The van der Waals surface area contributed by atoms with Crippen molar-refractivity contribution in [2.24, 2.45) is 5.73 Å². The maximum atomic E-state index is 5.99. The van der Waals surface area contributed by atoms with E-state index in [1.165, 1.54) is 21.7 Å². The fourth-order valence-corrected chi connectivity index (χ4v) is 4.11. The topological polar surface area (TPSA) is 29.3 Å². The molecule has 1 aromatic heterocycles. The number of hydrogen-bond acceptors (Lipinski definition) is 3. The van der Waals surface area contributed by atoms with Crippen LogP contribution in [0.3, 0.4) is 0 Å². The Labute approximate surface area is 127 Å². The minimum Gasteiger partial charge on any atom is -0.365 e. The monoisotopic (exact) mass is 338 g/mol. The minimum atomic E-state index is 0.204. The molecule has 19 heavy (non-hydrogen) atoms. The van der Waals surface area contributed by atoms with Crippen LogP contribution in [-0.4, -0.2) is 13.6 Å². The second kappa shape index (κ2) is 6.07. The normalized spacial score (nSPS) is 12.5. The van der Waals surface area contributed by atoms with Gasteiger partial charge in [-0.05, 0) is 64.5 Å². The van der Waals surface area contributed by atoms with Crippen molar-refractivity contribution in [1.29, 1.82) is 0 Å². The molecule has 0 bridgehead atoms. The third kappa shape index (κ3) is 3.19. The molecule has 0 aliphatic carbocycles. The molecule has 1 atom stereocenters. The first-order valence-electron chi connectivity index (χ1n) is 6.27. The van der Waals surface area contributed by atoms with E-state index < -0.39 is 0 Å². The van der Waals surface area contributed by atoms with Crippen molar-refractivity contribution in [3.05, 3.63) is 50.1 Å². The second-order valence-electron chi connectivity index (χ2n) is 4.84. The lowest BCUT2D eigenvalue weighted by Gasteiger charge is -2.29. The zero-order valence-electron chi connectivity index (χ0n) is 11.5. The average Bonchev–Trinajstić information content (AvgIpc) is 2.75. The lowest BCUT2D eigenvalue weighted by atomic mass is 10.1. The van der Waals surface area contributed by atoms with E-state index in [2.05, 4.69) is 71.4 Å². The molecule has 0 aliphatic heterocycles. The van der Waals surface area contributed by atoms with Crippen molar-refractivity contribution in [3.8, 4) is 0 Å².